The van der Waals surface area contributed by atoms with Gasteiger partial charge in [0.2, 0.25) is 5.56 Å². The predicted molar refractivity (Wildman–Crippen MR) is 82.6 cm³/mol. The number of morpholine rings is 1. The first-order valence-electron chi connectivity index (χ1n) is 7.16. The third kappa shape index (κ3) is 3.18. The molecule has 5 nitrogen and oxygen atoms in total. The summed E-state index contributed by atoms with van der Waals surface area (Å²) in [4.78, 5) is 19.6. The van der Waals surface area contributed by atoms with Gasteiger partial charge < -0.3 is 14.6 Å². The molecule has 2 aromatic rings. The Morgan fingerprint density at radius 2 is 2.12 bits per heavy atom. The zero-order chi connectivity index (χ0) is 17.3. The molecule has 3 heterocycles. The molecule has 1 fully saturated rings. The van der Waals surface area contributed by atoms with Gasteiger partial charge in [0.05, 0.1) is 18.9 Å². The van der Waals surface area contributed by atoms with Gasteiger partial charge in [-0.05, 0) is 18.2 Å². The van der Waals surface area contributed by atoms with Crippen LogP contribution in [0.4, 0.5) is 18.9 Å². The summed E-state index contributed by atoms with van der Waals surface area (Å²) in [5, 5.41) is 0. The summed E-state index contributed by atoms with van der Waals surface area (Å²) in [7, 11) is 0. The Hall–Kier alpha value is -2.61. The van der Waals surface area contributed by atoms with Crippen molar-refractivity contribution in [2.24, 2.45) is 0 Å². The third-order valence-electron chi connectivity index (χ3n) is 3.62. The lowest BCUT2D eigenvalue weighted by Gasteiger charge is -2.31. The number of alkyl halides is 3. The number of hydrogen-bond donors (Lipinski definition) is 1. The Morgan fingerprint density at radius 1 is 1.33 bits per heavy atom. The summed E-state index contributed by atoms with van der Waals surface area (Å²) >= 11 is 0. The van der Waals surface area contributed by atoms with Gasteiger partial charge >= 0.3 is 6.18 Å². The number of anilines is 1. The number of rotatable bonds is 2. The van der Waals surface area contributed by atoms with Crippen molar-refractivity contribution in [3.05, 3.63) is 58.8 Å². The quantitative estimate of drug-likeness (QED) is 0.915. The Balaban J connectivity index is 2.11. The van der Waals surface area contributed by atoms with Crippen LogP contribution >= 0.6 is 0 Å². The van der Waals surface area contributed by atoms with Gasteiger partial charge in [-0.1, -0.05) is 6.58 Å². The highest BCUT2D eigenvalue weighted by molar-refractivity contribution is 5.68. The number of ether oxygens (including phenoxy) is 1. The lowest BCUT2D eigenvalue weighted by Crippen LogP contribution is -2.34. The van der Waals surface area contributed by atoms with Gasteiger partial charge in [0.25, 0.3) is 0 Å². The van der Waals surface area contributed by atoms with Crippen molar-refractivity contribution < 1.29 is 17.9 Å². The number of nitrogens with one attached hydrogen (secondary N) is 1. The molecule has 0 atom stereocenters. The molecule has 0 radical (unpaired) electrons. The Labute approximate surface area is 135 Å². The summed E-state index contributed by atoms with van der Waals surface area (Å²) in [5.74, 6) is 0. The molecule has 0 amide bonds. The van der Waals surface area contributed by atoms with Crippen molar-refractivity contribution in [3.63, 3.8) is 0 Å². The molecule has 1 saturated heterocycles. The minimum Gasteiger partial charge on any atom is -0.373 e. The highest BCUT2D eigenvalue weighted by Gasteiger charge is 2.35. The van der Waals surface area contributed by atoms with Crippen LogP contribution in [0, 0.1) is 0 Å². The van der Waals surface area contributed by atoms with Crippen LogP contribution in [0.3, 0.4) is 0 Å². The van der Waals surface area contributed by atoms with E-state index in [4.69, 9.17) is 4.74 Å². The van der Waals surface area contributed by atoms with Gasteiger partial charge in [-0.3, -0.25) is 9.78 Å². The first-order valence-corrected chi connectivity index (χ1v) is 7.16. The number of hydrogen-bond acceptors (Lipinski definition) is 4. The first-order chi connectivity index (χ1) is 11.4. The molecule has 0 bridgehead atoms. The summed E-state index contributed by atoms with van der Waals surface area (Å²) in [6, 6.07) is 5.48. The average molecular weight is 337 g/mol. The minimum absolute atomic E-state index is 0.0530. The maximum absolute atomic E-state index is 13.2. The molecular formula is C16H14F3N3O2. The fraction of sp³-hybridized carbons (Fsp3) is 0.250. The van der Waals surface area contributed by atoms with E-state index in [2.05, 4.69) is 16.5 Å². The van der Waals surface area contributed by atoms with Crippen LogP contribution in [0.25, 0.3) is 11.3 Å². The summed E-state index contributed by atoms with van der Waals surface area (Å²) in [5.41, 5.74) is -0.559. The Kier molecular flexibility index (Phi) is 4.15. The molecule has 0 aromatic carbocycles. The molecule has 0 unspecified atom stereocenters. The zero-order valence-corrected chi connectivity index (χ0v) is 12.6. The molecule has 0 aliphatic carbocycles. The molecule has 1 aliphatic rings. The van der Waals surface area contributed by atoms with Crippen LogP contribution in [0.15, 0.2) is 47.5 Å². The molecule has 1 aliphatic heterocycles. The molecule has 2 aromatic heterocycles. The van der Waals surface area contributed by atoms with Crippen LogP contribution in [0.1, 0.15) is 5.69 Å². The van der Waals surface area contributed by atoms with Crippen molar-refractivity contribution >= 4 is 5.69 Å². The SMILES string of the molecule is C=C1COCCN1c1cc(-c2cccnc2C(F)(F)F)[nH]c(=O)c1. The summed E-state index contributed by atoms with van der Waals surface area (Å²) in [6.45, 7) is 5.08. The molecule has 126 valence electrons. The van der Waals surface area contributed by atoms with Gasteiger partial charge in [0.15, 0.2) is 5.69 Å². The van der Waals surface area contributed by atoms with Crippen molar-refractivity contribution in [2.45, 2.75) is 6.18 Å². The maximum Gasteiger partial charge on any atom is 0.434 e. The van der Waals surface area contributed by atoms with Gasteiger partial charge in [-0.15, -0.1) is 0 Å². The van der Waals surface area contributed by atoms with E-state index in [9.17, 15) is 18.0 Å². The van der Waals surface area contributed by atoms with Gasteiger partial charge in [-0.25, -0.2) is 0 Å². The van der Waals surface area contributed by atoms with E-state index in [0.717, 1.165) is 6.20 Å². The van der Waals surface area contributed by atoms with Crippen LogP contribution in [0.2, 0.25) is 0 Å². The maximum atomic E-state index is 13.2. The second kappa shape index (κ2) is 6.12. The van der Waals surface area contributed by atoms with Crippen LogP contribution in [-0.2, 0) is 10.9 Å². The third-order valence-corrected chi connectivity index (χ3v) is 3.62. The second-order valence-electron chi connectivity index (χ2n) is 5.28. The van der Waals surface area contributed by atoms with E-state index in [1.54, 1.807) is 4.90 Å². The lowest BCUT2D eigenvalue weighted by molar-refractivity contribution is -0.140. The van der Waals surface area contributed by atoms with E-state index >= 15 is 0 Å². The first kappa shape index (κ1) is 16.3. The highest BCUT2D eigenvalue weighted by Crippen LogP contribution is 2.35. The van der Waals surface area contributed by atoms with Gasteiger partial charge in [-0.2, -0.15) is 13.2 Å². The monoisotopic (exact) mass is 337 g/mol. The van der Waals surface area contributed by atoms with E-state index in [-0.39, 0.29) is 11.3 Å². The molecule has 1 N–H and O–H groups in total. The molecule has 0 spiro atoms. The molecule has 24 heavy (non-hydrogen) atoms. The number of aromatic nitrogens is 2. The molecular weight excluding hydrogens is 323 g/mol. The fourth-order valence-corrected chi connectivity index (χ4v) is 2.57. The number of H-pyrrole nitrogens is 1. The second-order valence-corrected chi connectivity index (χ2v) is 5.28. The van der Waals surface area contributed by atoms with Crippen LogP contribution in [-0.4, -0.2) is 29.7 Å². The van der Waals surface area contributed by atoms with Crippen molar-refractivity contribution in [3.8, 4) is 11.3 Å². The van der Waals surface area contributed by atoms with E-state index in [1.807, 2.05) is 0 Å². The normalized spacial score (nSPS) is 15.6. The van der Waals surface area contributed by atoms with Crippen LogP contribution < -0.4 is 10.5 Å². The summed E-state index contributed by atoms with van der Waals surface area (Å²) < 4.78 is 44.7. The average Bonchev–Trinajstić information content (AvgIpc) is 2.54. The number of nitrogens with zero attached hydrogens (tertiary/aromatic N) is 2. The zero-order valence-electron chi connectivity index (χ0n) is 12.6. The largest absolute Gasteiger partial charge is 0.434 e. The number of pyridine rings is 2. The van der Waals surface area contributed by atoms with Gasteiger partial charge in [0, 0.05) is 35.8 Å². The Bertz CT molecular complexity index is 830. The van der Waals surface area contributed by atoms with Crippen LogP contribution in [0.5, 0.6) is 0 Å². The lowest BCUT2D eigenvalue weighted by atomic mass is 10.1. The predicted octanol–water partition coefficient (Wildman–Crippen LogP) is 2.81. The van der Waals surface area contributed by atoms with E-state index < -0.39 is 17.4 Å². The minimum atomic E-state index is -4.62. The summed E-state index contributed by atoms with van der Waals surface area (Å²) in [6.07, 6.45) is -3.55. The topological polar surface area (TPSA) is 58.2 Å². The smallest absolute Gasteiger partial charge is 0.373 e. The van der Waals surface area contributed by atoms with Crippen molar-refractivity contribution in [1.29, 1.82) is 0 Å². The number of halogens is 3. The Morgan fingerprint density at radius 3 is 2.83 bits per heavy atom. The van der Waals surface area contributed by atoms with Crippen molar-refractivity contribution in [1.82, 2.24) is 9.97 Å². The van der Waals surface area contributed by atoms with Crippen molar-refractivity contribution in [2.75, 3.05) is 24.7 Å². The molecule has 3 rings (SSSR count). The molecule has 0 saturated carbocycles. The highest BCUT2D eigenvalue weighted by atomic mass is 19.4. The molecule has 8 heteroatoms. The van der Waals surface area contributed by atoms with E-state index in [1.165, 1.54) is 24.3 Å². The van der Waals surface area contributed by atoms with Gasteiger partial charge in [0.1, 0.15) is 0 Å². The standard InChI is InChI=1S/C16H14F3N3O2/c1-10-9-24-6-5-22(10)11-7-13(21-14(23)8-11)12-3-2-4-20-15(12)16(17,18)19/h2-4,7-8H,1,5-6,9H2,(H,21,23). The van der Waals surface area contributed by atoms with E-state index in [0.29, 0.717) is 31.1 Å². The fourth-order valence-electron chi connectivity index (χ4n) is 2.57. The number of aromatic amines is 1.